The van der Waals surface area contributed by atoms with Gasteiger partial charge < -0.3 is 19.3 Å². The molecule has 0 bridgehead atoms. The van der Waals surface area contributed by atoms with Crippen molar-refractivity contribution in [2.45, 2.75) is 38.3 Å². The van der Waals surface area contributed by atoms with E-state index in [4.69, 9.17) is 9.47 Å². The number of benzene rings is 1. The SMILES string of the molecule is CCN1C(=O)N2Cc3cc(OC)cc(OC)c3CC=C2C12CCN(C(=O)c1nccs1)CC2. The zero-order chi connectivity index (χ0) is 23.2. The average Bonchev–Trinajstić information content (AvgIpc) is 3.38. The van der Waals surface area contributed by atoms with Gasteiger partial charge in [0.1, 0.15) is 11.5 Å². The highest BCUT2D eigenvalue weighted by Gasteiger charge is 2.54. The highest BCUT2D eigenvalue weighted by atomic mass is 32.1. The molecule has 1 aromatic heterocycles. The number of hydrogen-bond acceptors (Lipinski definition) is 6. The van der Waals surface area contributed by atoms with E-state index in [2.05, 4.69) is 11.1 Å². The van der Waals surface area contributed by atoms with Crippen LogP contribution in [0.2, 0.25) is 0 Å². The predicted octanol–water partition coefficient (Wildman–Crippen LogP) is 3.53. The number of hydrogen-bond donors (Lipinski definition) is 0. The Labute approximate surface area is 197 Å². The standard InChI is InChI=1S/C24H28N4O4S/c1-4-28-23(30)27-15-16-13-17(31-2)14-19(32-3)18(16)5-6-20(27)24(28)7-10-26(11-8-24)22(29)21-25-9-12-33-21/h6,9,12-14H,4-5,7-8,10-11,15H2,1-3H3. The maximum absolute atomic E-state index is 13.6. The molecule has 0 radical (unpaired) electrons. The van der Waals surface area contributed by atoms with Crippen molar-refractivity contribution in [3.63, 3.8) is 0 Å². The first-order valence-corrected chi connectivity index (χ1v) is 12.1. The number of ether oxygens (including phenoxy) is 2. The zero-order valence-electron chi connectivity index (χ0n) is 19.2. The summed E-state index contributed by atoms with van der Waals surface area (Å²) in [7, 11) is 3.30. The van der Waals surface area contributed by atoms with E-state index in [1.54, 1.807) is 20.4 Å². The number of allylic oxidation sites excluding steroid dienone is 1. The second-order valence-electron chi connectivity index (χ2n) is 8.53. The van der Waals surface area contributed by atoms with Crippen LogP contribution in [0.3, 0.4) is 0 Å². The highest BCUT2D eigenvalue weighted by molar-refractivity contribution is 7.11. The molecule has 174 valence electrons. The van der Waals surface area contributed by atoms with Gasteiger partial charge in [0.25, 0.3) is 5.91 Å². The summed E-state index contributed by atoms with van der Waals surface area (Å²) in [4.78, 5) is 36.4. The van der Waals surface area contributed by atoms with Crippen molar-refractivity contribution in [1.29, 1.82) is 0 Å². The predicted molar refractivity (Wildman–Crippen MR) is 125 cm³/mol. The van der Waals surface area contributed by atoms with E-state index in [0.29, 0.717) is 50.4 Å². The molecule has 2 saturated heterocycles. The molecule has 3 aliphatic heterocycles. The van der Waals surface area contributed by atoms with Gasteiger partial charge in [0.15, 0.2) is 5.01 Å². The van der Waals surface area contributed by atoms with Crippen LogP contribution >= 0.6 is 11.3 Å². The third kappa shape index (κ3) is 3.37. The van der Waals surface area contributed by atoms with E-state index in [1.165, 1.54) is 11.3 Å². The molecular formula is C24H28N4O4S. The molecule has 1 spiro atoms. The maximum atomic E-state index is 13.6. The fourth-order valence-corrected chi connectivity index (χ4v) is 6.10. The quantitative estimate of drug-likeness (QED) is 0.686. The number of nitrogens with zero attached hydrogens (tertiary/aromatic N) is 4. The molecule has 2 aromatic rings. The minimum absolute atomic E-state index is 0.0249. The van der Waals surface area contributed by atoms with Gasteiger partial charge in [0.05, 0.1) is 26.3 Å². The summed E-state index contributed by atoms with van der Waals surface area (Å²) in [5.74, 6) is 1.47. The van der Waals surface area contributed by atoms with Crippen LogP contribution in [0.25, 0.3) is 0 Å². The topological polar surface area (TPSA) is 75.2 Å². The van der Waals surface area contributed by atoms with Crippen molar-refractivity contribution in [1.82, 2.24) is 19.7 Å². The zero-order valence-corrected chi connectivity index (χ0v) is 20.0. The number of piperidine rings is 1. The van der Waals surface area contributed by atoms with Gasteiger partial charge in [-0.05, 0) is 37.8 Å². The fraction of sp³-hybridized carbons (Fsp3) is 0.458. The second kappa shape index (κ2) is 8.37. The van der Waals surface area contributed by atoms with Crippen molar-refractivity contribution in [3.05, 3.63) is 51.6 Å². The van der Waals surface area contributed by atoms with E-state index < -0.39 is 5.54 Å². The van der Waals surface area contributed by atoms with Crippen LogP contribution in [-0.2, 0) is 13.0 Å². The number of carbonyl (C=O) groups excluding carboxylic acids is 2. The summed E-state index contributed by atoms with van der Waals surface area (Å²) in [6.07, 6.45) is 5.95. The Morgan fingerprint density at radius 2 is 2.00 bits per heavy atom. The minimum Gasteiger partial charge on any atom is -0.497 e. The van der Waals surface area contributed by atoms with E-state index in [1.807, 2.05) is 39.1 Å². The smallest absolute Gasteiger partial charge is 0.325 e. The first-order chi connectivity index (χ1) is 16.0. The molecule has 0 atom stereocenters. The fourth-order valence-electron chi connectivity index (χ4n) is 5.50. The van der Waals surface area contributed by atoms with Crippen LogP contribution in [0.1, 0.15) is 40.7 Å². The van der Waals surface area contributed by atoms with Crippen LogP contribution in [0.5, 0.6) is 11.5 Å². The molecule has 1 aromatic carbocycles. The van der Waals surface area contributed by atoms with Gasteiger partial charge >= 0.3 is 6.03 Å². The Hall–Kier alpha value is -3.07. The molecule has 0 aliphatic carbocycles. The lowest BCUT2D eigenvalue weighted by atomic mass is 9.83. The van der Waals surface area contributed by atoms with E-state index >= 15 is 0 Å². The molecule has 0 saturated carbocycles. The van der Waals surface area contributed by atoms with E-state index in [9.17, 15) is 9.59 Å². The van der Waals surface area contributed by atoms with E-state index in [0.717, 1.165) is 28.3 Å². The lowest BCUT2D eigenvalue weighted by molar-refractivity contribution is 0.0575. The lowest BCUT2D eigenvalue weighted by Gasteiger charge is -2.44. The Kier molecular flexibility index (Phi) is 5.52. The summed E-state index contributed by atoms with van der Waals surface area (Å²) in [5.41, 5.74) is 2.77. The van der Waals surface area contributed by atoms with Gasteiger partial charge in [-0.1, -0.05) is 6.08 Å². The molecule has 4 heterocycles. The number of rotatable bonds is 4. The summed E-state index contributed by atoms with van der Waals surface area (Å²) in [6.45, 7) is 4.32. The summed E-state index contributed by atoms with van der Waals surface area (Å²) >= 11 is 1.37. The van der Waals surface area contributed by atoms with Crippen LogP contribution < -0.4 is 9.47 Å². The third-order valence-corrected chi connectivity index (χ3v) is 7.87. The van der Waals surface area contributed by atoms with Gasteiger partial charge in [-0.15, -0.1) is 11.3 Å². The number of fused-ring (bicyclic) bond motifs is 3. The highest BCUT2D eigenvalue weighted by Crippen LogP contribution is 2.46. The molecule has 3 amide bonds. The largest absolute Gasteiger partial charge is 0.497 e. The molecule has 33 heavy (non-hydrogen) atoms. The van der Waals surface area contributed by atoms with Crippen LogP contribution in [0.15, 0.2) is 35.5 Å². The minimum atomic E-state index is -0.398. The van der Waals surface area contributed by atoms with Gasteiger partial charge in [-0.3, -0.25) is 9.69 Å². The number of likely N-dealkylation sites (N-methyl/N-ethyl adjacent to an activating group) is 1. The maximum Gasteiger partial charge on any atom is 0.325 e. The van der Waals surface area contributed by atoms with Crippen molar-refractivity contribution >= 4 is 23.3 Å². The van der Waals surface area contributed by atoms with Crippen molar-refractivity contribution in [2.75, 3.05) is 33.9 Å². The number of thiazole rings is 1. The number of methoxy groups -OCH3 is 2. The van der Waals surface area contributed by atoms with Crippen LogP contribution in [-0.4, -0.2) is 71.0 Å². The summed E-state index contributed by atoms with van der Waals surface area (Å²) in [6, 6.07) is 3.92. The number of carbonyl (C=O) groups is 2. The average molecular weight is 469 g/mol. The Morgan fingerprint density at radius 1 is 1.21 bits per heavy atom. The van der Waals surface area contributed by atoms with Crippen molar-refractivity contribution in [2.24, 2.45) is 0 Å². The Balaban J connectivity index is 1.47. The molecule has 9 heteroatoms. The summed E-state index contributed by atoms with van der Waals surface area (Å²) in [5, 5.41) is 2.34. The number of amides is 3. The van der Waals surface area contributed by atoms with Gasteiger partial charge in [0, 0.05) is 48.5 Å². The van der Waals surface area contributed by atoms with Crippen LogP contribution in [0, 0.1) is 0 Å². The molecule has 0 unspecified atom stereocenters. The number of likely N-dealkylation sites (tertiary alicyclic amines) is 1. The summed E-state index contributed by atoms with van der Waals surface area (Å²) < 4.78 is 11.1. The van der Waals surface area contributed by atoms with E-state index in [-0.39, 0.29) is 11.9 Å². The first kappa shape index (κ1) is 21.8. The third-order valence-electron chi connectivity index (χ3n) is 7.11. The Bertz CT molecular complexity index is 1110. The van der Waals surface area contributed by atoms with Gasteiger partial charge in [-0.25, -0.2) is 9.78 Å². The van der Waals surface area contributed by atoms with Crippen molar-refractivity contribution < 1.29 is 19.1 Å². The lowest BCUT2D eigenvalue weighted by Crippen LogP contribution is -2.54. The monoisotopic (exact) mass is 468 g/mol. The van der Waals surface area contributed by atoms with Crippen molar-refractivity contribution in [3.8, 4) is 11.5 Å². The molecule has 8 nitrogen and oxygen atoms in total. The van der Waals surface area contributed by atoms with Crippen LogP contribution in [0.4, 0.5) is 4.79 Å². The number of urea groups is 1. The molecular weight excluding hydrogens is 440 g/mol. The Morgan fingerprint density at radius 3 is 2.64 bits per heavy atom. The molecule has 3 aliphatic rings. The van der Waals surface area contributed by atoms with Gasteiger partial charge in [-0.2, -0.15) is 0 Å². The molecule has 2 fully saturated rings. The second-order valence-corrected chi connectivity index (χ2v) is 9.43. The van der Waals surface area contributed by atoms with Gasteiger partial charge in [0.2, 0.25) is 0 Å². The first-order valence-electron chi connectivity index (χ1n) is 11.2. The molecule has 0 N–H and O–H groups in total. The number of aromatic nitrogens is 1. The normalized spacial score (nSPS) is 19.2. The molecule has 5 rings (SSSR count).